The molecule has 17 heavy (non-hydrogen) atoms. The monoisotopic (exact) mass is 243 g/mol. The van der Waals surface area contributed by atoms with E-state index in [1.807, 2.05) is 0 Å². The van der Waals surface area contributed by atoms with Gasteiger partial charge in [0.15, 0.2) is 0 Å². The molecule has 0 aliphatic carbocycles. The number of nitrogens with one attached hydrogen (secondary N) is 1. The van der Waals surface area contributed by atoms with Crippen LogP contribution < -0.4 is 5.32 Å². The maximum Gasteiger partial charge on any atom is 0.407 e. The normalized spacial score (nSPS) is 26.4. The van der Waals surface area contributed by atoms with Crippen LogP contribution >= 0.6 is 0 Å². The molecule has 0 spiro atoms. The Morgan fingerprint density at radius 2 is 1.88 bits per heavy atom. The van der Waals surface area contributed by atoms with Crippen molar-refractivity contribution in [3.8, 4) is 0 Å². The van der Waals surface area contributed by atoms with Gasteiger partial charge in [-0.05, 0) is 25.7 Å². The first-order chi connectivity index (χ1) is 7.52. The molecular weight excluding hydrogens is 218 g/mol. The lowest BCUT2D eigenvalue weighted by Crippen LogP contribution is -2.52. The lowest BCUT2D eigenvalue weighted by Gasteiger charge is -2.43. The predicted molar refractivity (Wildman–Crippen MR) is 66.8 cm³/mol. The lowest BCUT2D eigenvalue weighted by molar-refractivity contribution is -0.0880. The van der Waals surface area contributed by atoms with Crippen LogP contribution in [0, 0.1) is 5.41 Å². The fraction of sp³-hybridized carbons (Fsp3) is 0.923. The van der Waals surface area contributed by atoms with Gasteiger partial charge < -0.3 is 15.2 Å². The zero-order valence-electron chi connectivity index (χ0n) is 11.6. The van der Waals surface area contributed by atoms with Gasteiger partial charge in [-0.1, -0.05) is 20.8 Å². The Balaban J connectivity index is 2.87. The third-order valence-corrected chi connectivity index (χ3v) is 2.77. The summed E-state index contributed by atoms with van der Waals surface area (Å²) in [5.74, 6) is 0. The molecule has 0 bridgehead atoms. The van der Waals surface area contributed by atoms with Crippen LogP contribution in [0.4, 0.5) is 4.79 Å². The Bertz CT molecular complexity index is 270. The molecule has 4 nitrogen and oxygen atoms in total. The average molecular weight is 243 g/mol. The Morgan fingerprint density at radius 1 is 1.29 bits per heavy atom. The molecule has 0 aromatic heterocycles. The SMILES string of the molecule is CC(C)(C)CC1(CC(C)(C)O)CCNC(=O)O1. The Hall–Kier alpha value is -0.770. The summed E-state index contributed by atoms with van der Waals surface area (Å²) in [6.45, 7) is 10.5. The Kier molecular flexibility index (Phi) is 3.77. The number of carbonyl (C=O) groups is 1. The zero-order valence-corrected chi connectivity index (χ0v) is 11.6. The summed E-state index contributed by atoms with van der Waals surface area (Å²) in [5.41, 5.74) is -1.31. The van der Waals surface area contributed by atoms with Crippen molar-refractivity contribution in [3.63, 3.8) is 0 Å². The third kappa shape index (κ3) is 4.94. The first kappa shape index (κ1) is 14.3. The van der Waals surface area contributed by atoms with E-state index in [-0.39, 0.29) is 11.5 Å². The molecule has 1 unspecified atom stereocenters. The molecule has 0 aromatic rings. The van der Waals surface area contributed by atoms with E-state index in [1.54, 1.807) is 13.8 Å². The average Bonchev–Trinajstić information content (AvgIpc) is 1.94. The minimum Gasteiger partial charge on any atom is -0.443 e. The van der Waals surface area contributed by atoms with Gasteiger partial charge in [-0.3, -0.25) is 0 Å². The van der Waals surface area contributed by atoms with Gasteiger partial charge in [-0.15, -0.1) is 0 Å². The lowest BCUT2D eigenvalue weighted by atomic mass is 9.75. The van der Waals surface area contributed by atoms with Crippen LogP contribution in [0.25, 0.3) is 0 Å². The van der Waals surface area contributed by atoms with Gasteiger partial charge in [0.2, 0.25) is 0 Å². The van der Waals surface area contributed by atoms with Crippen LogP contribution in [0.1, 0.15) is 53.9 Å². The van der Waals surface area contributed by atoms with Crippen LogP contribution in [-0.2, 0) is 4.74 Å². The molecular formula is C13H25NO3. The van der Waals surface area contributed by atoms with Crippen LogP contribution in [0.2, 0.25) is 0 Å². The van der Waals surface area contributed by atoms with Crippen molar-refractivity contribution in [2.24, 2.45) is 5.41 Å². The van der Waals surface area contributed by atoms with E-state index < -0.39 is 11.2 Å². The maximum atomic E-state index is 11.4. The van der Waals surface area contributed by atoms with Gasteiger partial charge in [-0.25, -0.2) is 4.79 Å². The van der Waals surface area contributed by atoms with Crippen molar-refractivity contribution in [3.05, 3.63) is 0 Å². The van der Waals surface area contributed by atoms with Gasteiger partial charge in [-0.2, -0.15) is 0 Å². The van der Waals surface area contributed by atoms with Crippen LogP contribution in [0.15, 0.2) is 0 Å². The smallest absolute Gasteiger partial charge is 0.407 e. The fourth-order valence-electron chi connectivity index (χ4n) is 2.74. The van der Waals surface area contributed by atoms with E-state index in [2.05, 4.69) is 26.1 Å². The summed E-state index contributed by atoms with van der Waals surface area (Å²) in [5, 5.41) is 12.7. The van der Waals surface area contributed by atoms with Crippen molar-refractivity contribution < 1.29 is 14.6 Å². The van der Waals surface area contributed by atoms with Crippen molar-refractivity contribution in [1.82, 2.24) is 5.32 Å². The molecule has 1 aliphatic heterocycles. The molecule has 0 aromatic carbocycles. The van der Waals surface area contributed by atoms with Crippen LogP contribution in [0.3, 0.4) is 0 Å². The fourth-order valence-corrected chi connectivity index (χ4v) is 2.74. The number of alkyl carbamates (subject to hydrolysis) is 1. The highest BCUT2D eigenvalue weighted by molar-refractivity contribution is 5.68. The number of rotatable bonds is 3. The zero-order chi connectivity index (χ0) is 13.3. The molecule has 2 N–H and O–H groups in total. The second-order valence-corrected chi connectivity index (χ2v) is 6.98. The first-order valence-corrected chi connectivity index (χ1v) is 6.21. The van der Waals surface area contributed by atoms with E-state index in [0.717, 1.165) is 12.8 Å². The first-order valence-electron chi connectivity index (χ1n) is 6.21. The standard InChI is InChI=1S/C13H25NO3/c1-11(2,3)8-13(9-12(4,5)16)6-7-14-10(15)17-13/h16H,6-9H2,1-5H3,(H,14,15). The molecule has 1 atom stereocenters. The molecule has 1 heterocycles. The van der Waals surface area contributed by atoms with E-state index in [9.17, 15) is 9.90 Å². The molecule has 1 aliphatic rings. The summed E-state index contributed by atoms with van der Waals surface area (Å²) in [6, 6.07) is 0. The number of hydrogen-bond donors (Lipinski definition) is 2. The van der Waals surface area contributed by atoms with Crippen molar-refractivity contribution >= 4 is 6.09 Å². The molecule has 0 radical (unpaired) electrons. The van der Waals surface area contributed by atoms with Gasteiger partial charge in [0.25, 0.3) is 0 Å². The highest BCUT2D eigenvalue weighted by atomic mass is 16.6. The molecule has 4 heteroatoms. The number of amides is 1. The summed E-state index contributed by atoms with van der Waals surface area (Å²) >= 11 is 0. The van der Waals surface area contributed by atoms with Crippen molar-refractivity contribution in [2.75, 3.05) is 6.54 Å². The molecule has 1 fully saturated rings. The topological polar surface area (TPSA) is 58.6 Å². The minimum atomic E-state index is -0.830. The van der Waals surface area contributed by atoms with Gasteiger partial charge >= 0.3 is 6.09 Å². The number of cyclic esters (lactones) is 1. The van der Waals surface area contributed by atoms with E-state index in [4.69, 9.17) is 4.74 Å². The Labute approximate surface area is 104 Å². The second kappa shape index (κ2) is 4.48. The highest BCUT2D eigenvalue weighted by Crippen LogP contribution is 2.39. The van der Waals surface area contributed by atoms with Crippen molar-refractivity contribution in [2.45, 2.75) is 65.1 Å². The van der Waals surface area contributed by atoms with E-state index in [0.29, 0.717) is 13.0 Å². The van der Waals surface area contributed by atoms with Crippen LogP contribution in [0.5, 0.6) is 0 Å². The molecule has 1 rings (SSSR count). The molecule has 1 amide bonds. The van der Waals surface area contributed by atoms with Gasteiger partial charge in [0.05, 0.1) is 5.60 Å². The van der Waals surface area contributed by atoms with Crippen molar-refractivity contribution in [1.29, 1.82) is 0 Å². The summed E-state index contributed by atoms with van der Waals surface area (Å²) in [7, 11) is 0. The van der Waals surface area contributed by atoms with E-state index in [1.165, 1.54) is 0 Å². The second-order valence-electron chi connectivity index (χ2n) is 6.98. The summed E-state index contributed by atoms with van der Waals surface area (Å²) < 4.78 is 5.52. The quantitative estimate of drug-likeness (QED) is 0.800. The number of aliphatic hydroxyl groups is 1. The largest absolute Gasteiger partial charge is 0.443 e. The van der Waals surface area contributed by atoms with Gasteiger partial charge in [0, 0.05) is 19.4 Å². The maximum absolute atomic E-state index is 11.4. The minimum absolute atomic E-state index is 0.0584. The molecule has 1 saturated heterocycles. The predicted octanol–water partition coefficient (Wildman–Crippen LogP) is 2.45. The summed E-state index contributed by atoms with van der Waals surface area (Å²) in [4.78, 5) is 11.4. The molecule has 0 saturated carbocycles. The third-order valence-electron chi connectivity index (χ3n) is 2.77. The number of ether oxygens (including phenoxy) is 1. The van der Waals surface area contributed by atoms with Gasteiger partial charge in [0.1, 0.15) is 5.60 Å². The number of carbonyl (C=O) groups excluding carboxylic acids is 1. The van der Waals surface area contributed by atoms with E-state index >= 15 is 0 Å². The number of hydrogen-bond acceptors (Lipinski definition) is 3. The summed E-state index contributed by atoms with van der Waals surface area (Å²) in [6.07, 6.45) is 1.62. The van der Waals surface area contributed by atoms with Crippen LogP contribution in [-0.4, -0.2) is 28.9 Å². The Morgan fingerprint density at radius 3 is 2.29 bits per heavy atom. The molecule has 100 valence electrons. The highest BCUT2D eigenvalue weighted by Gasteiger charge is 2.43.